The third-order valence-electron chi connectivity index (χ3n) is 4.01. The van der Waals surface area contributed by atoms with E-state index in [-0.39, 0.29) is 5.91 Å². The Balaban J connectivity index is 1.67. The number of amides is 1. The molecule has 0 aromatic heterocycles. The molecule has 0 unspecified atom stereocenters. The van der Waals surface area contributed by atoms with Gasteiger partial charge in [-0.05, 0) is 47.8 Å². The zero-order valence-corrected chi connectivity index (χ0v) is 16.8. The largest absolute Gasteiger partial charge is 0.331 e. The minimum absolute atomic E-state index is 0.109. The highest BCUT2D eigenvalue weighted by Crippen LogP contribution is 2.20. The van der Waals surface area contributed by atoms with Gasteiger partial charge in [-0.3, -0.25) is 15.6 Å². The maximum Gasteiger partial charge on any atom is 0.248 e. The lowest BCUT2D eigenvalue weighted by molar-refractivity contribution is -0.119. The number of thioether (sulfide) groups is 1. The van der Waals surface area contributed by atoms with Crippen LogP contribution in [0, 0.1) is 0 Å². The first-order chi connectivity index (χ1) is 12.6. The Hall–Kier alpha value is -2.05. The Morgan fingerprint density at radius 1 is 1.08 bits per heavy atom. The van der Waals surface area contributed by atoms with Crippen LogP contribution in [0.2, 0.25) is 0 Å². The maximum absolute atomic E-state index is 11.9. The number of carbonyl (C=O) groups is 1. The molecule has 6 heteroatoms. The van der Waals surface area contributed by atoms with E-state index in [2.05, 4.69) is 54.3 Å². The summed E-state index contributed by atoms with van der Waals surface area (Å²) in [6.45, 7) is 4.39. The number of thiocarbonyl (C=S) groups is 1. The number of benzene rings is 2. The number of anilines is 1. The number of hydrogen-bond acceptors (Lipinski definition) is 3. The minimum atomic E-state index is -0.109. The molecule has 2 aromatic rings. The summed E-state index contributed by atoms with van der Waals surface area (Å²) in [5.74, 6) is 1.61. The van der Waals surface area contributed by atoms with Gasteiger partial charge in [0.25, 0.3) is 0 Å². The van der Waals surface area contributed by atoms with Crippen LogP contribution in [0.15, 0.2) is 54.6 Å². The van der Waals surface area contributed by atoms with E-state index in [1.807, 2.05) is 30.3 Å². The second-order valence-electron chi connectivity index (χ2n) is 6.04. The highest BCUT2D eigenvalue weighted by atomic mass is 32.2. The SMILES string of the molecule is CC[C@H](C)c1ccc(NC(=S)NNC(=O)CSCc2ccccc2)cc1. The lowest BCUT2D eigenvalue weighted by Crippen LogP contribution is -2.44. The summed E-state index contributed by atoms with van der Waals surface area (Å²) >= 11 is 6.77. The van der Waals surface area contributed by atoms with Crippen LogP contribution < -0.4 is 16.2 Å². The topological polar surface area (TPSA) is 53.2 Å². The molecule has 0 fully saturated rings. The van der Waals surface area contributed by atoms with Crippen molar-refractivity contribution >= 4 is 40.7 Å². The predicted molar refractivity (Wildman–Crippen MR) is 115 cm³/mol. The number of nitrogens with one attached hydrogen (secondary N) is 3. The lowest BCUT2D eigenvalue weighted by atomic mass is 9.99. The highest BCUT2D eigenvalue weighted by molar-refractivity contribution is 7.99. The molecular formula is C20H25N3OS2. The van der Waals surface area contributed by atoms with E-state index >= 15 is 0 Å². The third kappa shape index (κ3) is 7.06. The van der Waals surface area contributed by atoms with Crippen LogP contribution in [0.4, 0.5) is 5.69 Å². The van der Waals surface area contributed by atoms with Crippen molar-refractivity contribution in [1.29, 1.82) is 0 Å². The van der Waals surface area contributed by atoms with E-state index < -0.39 is 0 Å². The van der Waals surface area contributed by atoms with Gasteiger partial charge in [-0.2, -0.15) is 0 Å². The normalized spacial score (nSPS) is 11.5. The van der Waals surface area contributed by atoms with Crippen molar-refractivity contribution in [2.45, 2.75) is 31.9 Å². The summed E-state index contributed by atoms with van der Waals surface area (Å²) < 4.78 is 0. The average Bonchev–Trinajstić information content (AvgIpc) is 2.67. The van der Waals surface area contributed by atoms with Crippen molar-refractivity contribution in [3.63, 3.8) is 0 Å². The van der Waals surface area contributed by atoms with Crippen molar-refractivity contribution in [2.75, 3.05) is 11.1 Å². The fourth-order valence-electron chi connectivity index (χ4n) is 2.29. The minimum Gasteiger partial charge on any atom is -0.331 e. The predicted octanol–water partition coefficient (Wildman–Crippen LogP) is 4.45. The Bertz CT molecular complexity index is 705. The number of hydrogen-bond donors (Lipinski definition) is 3. The number of rotatable bonds is 7. The molecule has 26 heavy (non-hydrogen) atoms. The molecule has 0 saturated carbocycles. The standard InChI is InChI=1S/C20H25N3OS2/c1-3-15(2)17-9-11-18(12-10-17)21-20(25)23-22-19(24)14-26-13-16-7-5-4-6-8-16/h4-12,15H,3,13-14H2,1-2H3,(H,22,24)(H2,21,23,25)/t15-/m0/s1. The van der Waals surface area contributed by atoms with E-state index in [4.69, 9.17) is 12.2 Å². The quantitative estimate of drug-likeness (QED) is 0.484. The molecule has 0 spiro atoms. The van der Waals surface area contributed by atoms with Crippen LogP contribution in [-0.4, -0.2) is 16.8 Å². The first kappa shape index (κ1) is 20.3. The van der Waals surface area contributed by atoms with E-state index in [0.29, 0.717) is 16.8 Å². The summed E-state index contributed by atoms with van der Waals surface area (Å²) in [7, 11) is 0. The molecule has 0 heterocycles. The first-order valence-corrected chi connectivity index (χ1v) is 10.2. The number of hydrazine groups is 1. The van der Waals surface area contributed by atoms with Gasteiger partial charge in [-0.25, -0.2) is 0 Å². The molecule has 2 rings (SSSR count). The molecule has 0 aliphatic heterocycles. The number of carbonyl (C=O) groups excluding carboxylic acids is 1. The Kier molecular flexibility index (Phi) is 8.44. The molecule has 0 aliphatic rings. The van der Waals surface area contributed by atoms with E-state index in [0.717, 1.165) is 17.9 Å². The molecule has 0 saturated heterocycles. The van der Waals surface area contributed by atoms with Crippen LogP contribution in [0.5, 0.6) is 0 Å². The Labute approximate surface area is 165 Å². The average molecular weight is 388 g/mol. The molecule has 1 amide bonds. The molecule has 0 radical (unpaired) electrons. The van der Waals surface area contributed by atoms with Crippen LogP contribution in [0.3, 0.4) is 0 Å². The van der Waals surface area contributed by atoms with Crippen molar-refractivity contribution in [3.8, 4) is 0 Å². The smallest absolute Gasteiger partial charge is 0.248 e. The van der Waals surface area contributed by atoms with Gasteiger partial charge in [0.2, 0.25) is 5.91 Å². The lowest BCUT2D eigenvalue weighted by Gasteiger charge is -2.13. The first-order valence-electron chi connectivity index (χ1n) is 8.66. The molecule has 4 nitrogen and oxygen atoms in total. The van der Waals surface area contributed by atoms with Gasteiger partial charge in [-0.1, -0.05) is 56.3 Å². The van der Waals surface area contributed by atoms with Gasteiger partial charge in [0.1, 0.15) is 0 Å². The zero-order valence-electron chi connectivity index (χ0n) is 15.1. The summed E-state index contributed by atoms with van der Waals surface area (Å²) in [5.41, 5.74) is 8.75. The highest BCUT2D eigenvalue weighted by Gasteiger charge is 2.05. The molecule has 3 N–H and O–H groups in total. The van der Waals surface area contributed by atoms with Gasteiger partial charge in [0, 0.05) is 11.4 Å². The molecule has 2 aromatic carbocycles. The fourth-order valence-corrected chi connectivity index (χ4v) is 3.25. The fraction of sp³-hybridized carbons (Fsp3) is 0.300. The van der Waals surface area contributed by atoms with Crippen LogP contribution >= 0.6 is 24.0 Å². The van der Waals surface area contributed by atoms with Gasteiger partial charge in [-0.15, -0.1) is 11.8 Å². The van der Waals surface area contributed by atoms with Crippen LogP contribution in [-0.2, 0) is 10.5 Å². The third-order valence-corrected chi connectivity index (χ3v) is 5.22. The maximum atomic E-state index is 11.9. The summed E-state index contributed by atoms with van der Waals surface area (Å²) in [6, 6.07) is 18.3. The molecule has 1 atom stereocenters. The van der Waals surface area contributed by atoms with Crippen molar-refractivity contribution < 1.29 is 4.79 Å². The van der Waals surface area contributed by atoms with Gasteiger partial charge < -0.3 is 5.32 Å². The second kappa shape index (κ2) is 10.8. The summed E-state index contributed by atoms with van der Waals surface area (Å²) in [6.07, 6.45) is 1.11. The van der Waals surface area contributed by atoms with Gasteiger partial charge in [0.15, 0.2) is 5.11 Å². The van der Waals surface area contributed by atoms with Crippen molar-refractivity contribution in [2.24, 2.45) is 0 Å². The zero-order chi connectivity index (χ0) is 18.8. The Morgan fingerprint density at radius 2 is 1.77 bits per heavy atom. The molecular weight excluding hydrogens is 362 g/mol. The van der Waals surface area contributed by atoms with Crippen LogP contribution in [0.1, 0.15) is 37.3 Å². The molecule has 0 aliphatic carbocycles. The molecule has 0 bridgehead atoms. The Morgan fingerprint density at radius 3 is 2.42 bits per heavy atom. The monoisotopic (exact) mass is 387 g/mol. The van der Waals surface area contributed by atoms with E-state index in [1.165, 1.54) is 11.1 Å². The summed E-state index contributed by atoms with van der Waals surface area (Å²) in [5, 5.41) is 3.43. The van der Waals surface area contributed by atoms with Crippen molar-refractivity contribution in [1.82, 2.24) is 10.9 Å². The van der Waals surface area contributed by atoms with E-state index in [1.54, 1.807) is 11.8 Å². The molecule has 138 valence electrons. The van der Waals surface area contributed by atoms with Gasteiger partial charge in [0.05, 0.1) is 5.75 Å². The van der Waals surface area contributed by atoms with Gasteiger partial charge >= 0.3 is 0 Å². The van der Waals surface area contributed by atoms with E-state index in [9.17, 15) is 4.79 Å². The van der Waals surface area contributed by atoms with Crippen LogP contribution in [0.25, 0.3) is 0 Å². The van der Waals surface area contributed by atoms with Crippen molar-refractivity contribution in [3.05, 3.63) is 65.7 Å². The second-order valence-corrected chi connectivity index (χ2v) is 7.43. The summed E-state index contributed by atoms with van der Waals surface area (Å²) in [4.78, 5) is 11.9.